The van der Waals surface area contributed by atoms with Crippen molar-refractivity contribution >= 4 is 23.4 Å². The van der Waals surface area contributed by atoms with E-state index in [1.54, 1.807) is 24.3 Å². The molecule has 1 N–H and O–H groups in total. The minimum atomic E-state index is -0.320. The van der Waals surface area contributed by atoms with Gasteiger partial charge in [-0.25, -0.2) is 0 Å². The molecule has 0 bridgehead atoms. The van der Waals surface area contributed by atoms with E-state index in [2.05, 4.69) is 11.4 Å². The summed E-state index contributed by atoms with van der Waals surface area (Å²) in [6, 6.07) is 14.7. The van der Waals surface area contributed by atoms with Crippen LogP contribution in [-0.2, 0) is 4.79 Å². The summed E-state index contributed by atoms with van der Waals surface area (Å²) < 4.78 is 11.0. The summed E-state index contributed by atoms with van der Waals surface area (Å²) in [5, 5.41) is 11.6. The number of nitrogens with zero attached hydrogens (tertiary/aromatic N) is 1. The maximum Gasteiger partial charge on any atom is 0.237 e. The quantitative estimate of drug-likeness (QED) is 0.863. The number of ether oxygens (including phenoxy) is 2. The lowest BCUT2D eigenvalue weighted by Gasteiger charge is -2.19. The van der Waals surface area contributed by atoms with Crippen LogP contribution in [0, 0.1) is 11.3 Å². The molecule has 1 aliphatic heterocycles. The van der Waals surface area contributed by atoms with Crippen molar-refractivity contribution in [1.82, 2.24) is 0 Å². The Hall–Kier alpha value is -2.65. The Bertz CT molecular complexity index is 801. The van der Waals surface area contributed by atoms with Crippen molar-refractivity contribution in [3.8, 4) is 17.6 Å². The largest absolute Gasteiger partial charge is 0.486 e. The molecule has 6 heteroatoms. The fourth-order valence-corrected chi connectivity index (χ4v) is 3.17. The number of carbonyl (C=O) groups excluding carboxylic acids is 1. The van der Waals surface area contributed by atoms with Crippen LogP contribution in [0.15, 0.2) is 47.4 Å². The molecule has 1 atom stereocenters. The maximum atomic E-state index is 12.4. The summed E-state index contributed by atoms with van der Waals surface area (Å²) >= 11 is 1.43. The predicted molar refractivity (Wildman–Crippen MR) is 92.5 cm³/mol. The number of rotatable bonds is 4. The lowest BCUT2D eigenvalue weighted by atomic mass is 10.2. The van der Waals surface area contributed by atoms with E-state index >= 15 is 0 Å². The van der Waals surface area contributed by atoms with Gasteiger partial charge in [-0.2, -0.15) is 5.26 Å². The van der Waals surface area contributed by atoms with Crippen LogP contribution in [0.2, 0.25) is 0 Å². The number of nitriles is 1. The van der Waals surface area contributed by atoms with Gasteiger partial charge in [0.1, 0.15) is 19.3 Å². The van der Waals surface area contributed by atoms with E-state index in [1.165, 1.54) is 11.8 Å². The molecule has 122 valence electrons. The highest BCUT2D eigenvalue weighted by atomic mass is 32.2. The molecule has 3 rings (SSSR count). The third-order valence-corrected chi connectivity index (χ3v) is 4.59. The van der Waals surface area contributed by atoms with E-state index in [0.29, 0.717) is 30.2 Å². The molecule has 1 heterocycles. The van der Waals surface area contributed by atoms with Gasteiger partial charge in [0.25, 0.3) is 0 Å². The number of para-hydroxylation sites is 1. The third kappa shape index (κ3) is 3.63. The van der Waals surface area contributed by atoms with Crippen molar-refractivity contribution in [2.45, 2.75) is 17.1 Å². The monoisotopic (exact) mass is 340 g/mol. The molecular weight excluding hydrogens is 324 g/mol. The lowest BCUT2D eigenvalue weighted by molar-refractivity contribution is -0.115. The van der Waals surface area contributed by atoms with Crippen molar-refractivity contribution in [3.05, 3.63) is 48.0 Å². The molecule has 0 saturated carbocycles. The molecule has 0 spiro atoms. The van der Waals surface area contributed by atoms with Crippen molar-refractivity contribution < 1.29 is 14.3 Å². The van der Waals surface area contributed by atoms with Gasteiger partial charge < -0.3 is 14.8 Å². The highest BCUT2D eigenvalue weighted by Crippen LogP contribution is 2.35. The molecular formula is C18H16N2O3S. The van der Waals surface area contributed by atoms with Crippen molar-refractivity contribution in [2.24, 2.45) is 0 Å². The zero-order valence-electron chi connectivity index (χ0n) is 13.1. The minimum absolute atomic E-state index is 0.155. The van der Waals surface area contributed by atoms with Crippen LogP contribution in [-0.4, -0.2) is 24.4 Å². The number of anilines is 1. The van der Waals surface area contributed by atoms with Gasteiger partial charge in [-0.1, -0.05) is 12.1 Å². The summed E-state index contributed by atoms with van der Waals surface area (Å²) in [4.78, 5) is 13.3. The van der Waals surface area contributed by atoms with Gasteiger partial charge in [-0.05, 0) is 37.3 Å². The number of amides is 1. The minimum Gasteiger partial charge on any atom is -0.486 e. The van der Waals surface area contributed by atoms with Gasteiger partial charge in [0.2, 0.25) is 5.91 Å². The van der Waals surface area contributed by atoms with Crippen LogP contribution in [0.5, 0.6) is 11.5 Å². The summed E-state index contributed by atoms with van der Waals surface area (Å²) in [6.45, 7) is 2.91. The summed E-state index contributed by atoms with van der Waals surface area (Å²) in [7, 11) is 0. The predicted octanol–water partition coefficient (Wildman–Crippen LogP) is 3.45. The van der Waals surface area contributed by atoms with Crippen LogP contribution >= 0.6 is 11.8 Å². The second kappa shape index (κ2) is 7.28. The van der Waals surface area contributed by atoms with Crippen molar-refractivity contribution in [2.75, 3.05) is 18.5 Å². The van der Waals surface area contributed by atoms with E-state index in [-0.39, 0.29) is 11.2 Å². The van der Waals surface area contributed by atoms with E-state index in [9.17, 15) is 4.79 Å². The molecule has 0 fully saturated rings. The van der Waals surface area contributed by atoms with Gasteiger partial charge >= 0.3 is 0 Å². The molecule has 5 nitrogen and oxygen atoms in total. The zero-order valence-corrected chi connectivity index (χ0v) is 13.9. The fraction of sp³-hybridized carbons (Fsp3) is 0.222. The molecule has 0 aliphatic carbocycles. The first kappa shape index (κ1) is 16.2. The standard InChI is InChI=1S/C18H16N2O3S/c1-12(18(21)20-15-5-3-2-4-13(15)11-19)24-14-6-7-16-17(10-14)23-9-8-22-16/h2-7,10,12H,8-9H2,1H3,(H,20,21)/t12-/m1/s1. The first-order valence-corrected chi connectivity index (χ1v) is 8.41. The van der Waals surface area contributed by atoms with Crippen LogP contribution in [0.4, 0.5) is 5.69 Å². The highest BCUT2D eigenvalue weighted by molar-refractivity contribution is 8.00. The highest BCUT2D eigenvalue weighted by Gasteiger charge is 2.18. The molecule has 2 aromatic carbocycles. The third-order valence-electron chi connectivity index (χ3n) is 3.50. The Balaban J connectivity index is 1.67. The summed E-state index contributed by atoms with van der Waals surface area (Å²) in [5.74, 6) is 1.27. The van der Waals surface area contributed by atoms with Crippen molar-refractivity contribution in [1.29, 1.82) is 5.26 Å². The second-order valence-electron chi connectivity index (χ2n) is 5.21. The van der Waals surface area contributed by atoms with Crippen LogP contribution in [0.25, 0.3) is 0 Å². The normalized spacial score (nSPS) is 13.7. The molecule has 0 aromatic heterocycles. The second-order valence-corrected chi connectivity index (χ2v) is 6.63. The number of fused-ring (bicyclic) bond motifs is 1. The number of hydrogen-bond donors (Lipinski definition) is 1. The number of thioether (sulfide) groups is 1. The lowest BCUT2D eigenvalue weighted by Crippen LogP contribution is -2.22. The van der Waals surface area contributed by atoms with E-state index in [1.807, 2.05) is 25.1 Å². The molecule has 2 aromatic rings. The number of carbonyl (C=O) groups is 1. The van der Waals surface area contributed by atoms with Gasteiger partial charge in [-0.15, -0.1) is 11.8 Å². The topological polar surface area (TPSA) is 71.3 Å². The Morgan fingerprint density at radius 2 is 1.96 bits per heavy atom. The molecule has 0 unspecified atom stereocenters. The zero-order chi connectivity index (χ0) is 16.9. The summed E-state index contributed by atoms with van der Waals surface area (Å²) in [5.41, 5.74) is 0.974. The molecule has 1 aliphatic rings. The Morgan fingerprint density at radius 3 is 2.75 bits per heavy atom. The van der Waals surface area contributed by atoms with E-state index in [0.717, 1.165) is 10.6 Å². The van der Waals surface area contributed by atoms with Crippen LogP contribution < -0.4 is 14.8 Å². The number of nitrogens with one attached hydrogen (secondary N) is 1. The van der Waals surface area contributed by atoms with Gasteiger partial charge in [0.15, 0.2) is 11.5 Å². The number of hydrogen-bond acceptors (Lipinski definition) is 5. The van der Waals surface area contributed by atoms with Gasteiger partial charge in [-0.3, -0.25) is 4.79 Å². The molecule has 1 amide bonds. The Morgan fingerprint density at radius 1 is 1.21 bits per heavy atom. The molecule has 0 saturated heterocycles. The molecule has 24 heavy (non-hydrogen) atoms. The molecule has 0 radical (unpaired) electrons. The van der Waals surface area contributed by atoms with Crippen LogP contribution in [0.1, 0.15) is 12.5 Å². The first-order chi connectivity index (χ1) is 11.7. The van der Waals surface area contributed by atoms with Gasteiger partial charge in [0, 0.05) is 4.90 Å². The van der Waals surface area contributed by atoms with Crippen molar-refractivity contribution in [3.63, 3.8) is 0 Å². The Kier molecular flexibility index (Phi) is 4.92. The van der Waals surface area contributed by atoms with E-state index < -0.39 is 0 Å². The number of benzene rings is 2. The average molecular weight is 340 g/mol. The maximum absolute atomic E-state index is 12.4. The summed E-state index contributed by atoms with van der Waals surface area (Å²) in [6.07, 6.45) is 0. The smallest absolute Gasteiger partial charge is 0.237 e. The Labute approximate surface area is 144 Å². The van der Waals surface area contributed by atoms with E-state index in [4.69, 9.17) is 14.7 Å². The first-order valence-electron chi connectivity index (χ1n) is 7.53. The SMILES string of the molecule is C[C@@H](Sc1ccc2c(c1)OCCO2)C(=O)Nc1ccccc1C#N. The fourth-order valence-electron chi connectivity index (χ4n) is 2.28. The van der Waals surface area contributed by atoms with Crippen LogP contribution in [0.3, 0.4) is 0 Å². The average Bonchev–Trinajstić information content (AvgIpc) is 2.62. The van der Waals surface area contributed by atoms with Gasteiger partial charge in [0.05, 0.1) is 16.5 Å².